The van der Waals surface area contributed by atoms with Crippen LogP contribution in [0, 0.1) is 0 Å². The van der Waals surface area contributed by atoms with Gasteiger partial charge in [-0.25, -0.2) is 0 Å². The number of nitrogens with zero attached hydrogens (tertiary/aromatic N) is 3. The molecule has 2 aromatic heterocycles. The summed E-state index contributed by atoms with van der Waals surface area (Å²) < 4.78 is 12.3. The lowest BCUT2D eigenvalue weighted by Gasteiger charge is -2.26. The molecule has 0 unspecified atom stereocenters. The largest absolute Gasteiger partial charge is 0.495 e. The first kappa shape index (κ1) is 14.0. The van der Waals surface area contributed by atoms with E-state index >= 15 is 0 Å². The molecule has 0 radical (unpaired) electrons. The number of hydrogen-bond acceptors (Lipinski definition) is 5. The van der Waals surface area contributed by atoms with Gasteiger partial charge in [0.15, 0.2) is 0 Å². The zero-order chi connectivity index (χ0) is 14.7. The standard InChI is InChI=1S/C15H19N3O3/c1-20-12-10-14-13(16-11-12)2-3-15(19)18(14)5-4-17-6-8-21-9-7-17/h2-3,10-11H,4-9H2,1H3. The second-order valence-electron chi connectivity index (χ2n) is 5.06. The van der Waals surface area contributed by atoms with Gasteiger partial charge >= 0.3 is 0 Å². The Hall–Kier alpha value is -1.92. The fourth-order valence-electron chi connectivity index (χ4n) is 2.56. The van der Waals surface area contributed by atoms with Gasteiger partial charge < -0.3 is 14.0 Å². The van der Waals surface area contributed by atoms with Crippen LogP contribution in [-0.4, -0.2) is 54.4 Å². The Morgan fingerprint density at radius 1 is 1.29 bits per heavy atom. The Kier molecular flexibility index (Phi) is 4.17. The van der Waals surface area contributed by atoms with Crippen molar-refractivity contribution < 1.29 is 9.47 Å². The van der Waals surface area contributed by atoms with Crippen molar-refractivity contribution in [2.24, 2.45) is 0 Å². The van der Waals surface area contributed by atoms with Crippen molar-refractivity contribution >= 4 is 11.0 Å². The lowest BCUT2D eigenvalue weighted by atomic mass is 10.3. The highest BCUT2D eigenvalue weighted by Crippen LogP contribution is 2.16. The Bertz CT molecular complexity index is 677. The zero-order valence-corrected chi connectivity index (χ0v) is 12.1. The number of hydrogen-bond donors (Lipinski definition) is 0. The molecule has 0 spiro atoms. The summed E-state index contributed by atoms with van der Waals surface area (Å²) in [6.07, 6.45) is 1.67. The van der Waals surface area contributed by atoms with E-state index < -0.39 is 0 Å². The fraction of sp³-hybridized carbons (Fsp3) is 0.467. The maximum Gasteiger partial charge on any atom is 0.251 e. The molecule has 1 aliphatic heterocycles. The van der Waals surface area contributed by atoms with Crippen LogP contribution >= 0.6 is 0 Å². The molecule has 1 aliphatic rings. The molecule has 0 N–H and O–H groups in total. The molecule has 21 heavy (non-hydrogen) atoms. The number of fused-ring (bicyclic) bond motifs is 1. The van der Waals surface area contributed by atoms with E-state index in [9.17, 15) is 4.79 Å². The molecule has 1 saturated heterocycles. The van der Waals surface area contributed by atoms with Gasteiger partial charge in [0.05, 0.1) is 37.6 Å². The van der Waals surface area contributed by atoms with E-state index in [0.717, 1.165) is 43.9 Å². The van der Waals surface area contributed by atoms with Crippen molar-refractivity contribution in [3.63, 3.8) is 0 Å². The molecule has 0 aliphatic carbocycles. The lowest BCUT2D eigenvalue weighted by molar-refractivity contribution is 0.0364. The Balaban J connectivity index is 1.88. The van der Waals surface area contributed by atoms with Crippen LogP contribution in [0.5, 0.6) is 5.75 Å². The van der Waals surface area contributed by atoms with E-state index in [0.29, 0.717) is 12.3 Å². The molecule has 112 valence electrons. The zero-order valence-electron chi connectivity index (χ0n) is 12.1. The quantitative estimate of drug-likeness (QED) is 0.831. The summed E-state index contributed by atoms with van der Waals surface area (Å²) in [5.41, 5.74) is 1.61. The Morgan fingerprint density at radius 2 is 2.10 bits per heavy atom. The molecule has 0 atom stereocenters. The normalized spacial score (nSPS) is 16.2. The van der Waals surface area contributed by atoms with Gasteiger partial charge in [0.1, 0.15) is 5.75 Å². The third-order valence-electron chi connectivity index (χ3n) is 3.79. The monoisotopic (exact) mass is 289 g/mol. The van der Waals surface area contributed by atoms with Gasteiger partial charge in [-0.2, -0.15) is 0 Å². The second-order valence-corrected chi connectivity index (χ2v) is 5.06. The molecule has 0 bridgehead atoms. The minimum atomic E-state index is -0.00851. The molecule has 2 aromatic rings. The van der Waals surface area contributed by atoms with E-state index in [1.807, 2.05) is 6.07 Å². The predicted octanol–water partition coefficient (Wildman–Crippen LogP) is 0.737. The van der Waals surface area contributed by atoms with E-state index in [-0.39, 0.29) is 5.56 Å². The van der Waals surface area contributed by atoms with Gasteiger partial charge in [0.2, 0.25) is 0 Å². The van der Waals surface area contributed by atoms with Gasteiger partial charge in [-0.1, -0.05) is 0 Å². The van der Waals surface area contributed by atoms with Crippen molar-refractivity contribution in [2.75, 3.05) is 40.0 Å². The van der Waals surface area contributed by atoms with Crippen LogP contribution in [0.25, 0.3) is 11.0 Å². The van der Waals surface area contributed by atoms with E-state index in [2.05, 4.69) is 9.88 Å². The molecular formula is C15H19N3O3. The van der Waals surface area contributed by atoms with E-state index in [1.54, 1.807) is 30.0 Å². The maximum absolute atomic E-state index is 12.2. The fourth-order valence-corrected chi connectivity index (χ4v) is 2.56. The third-order valence-corrected chi connectivity index (χ3v) is 3.79. The second kappa shape index (κ2) is 6.24. The number of ether oxygens (including phenoxy) is 2. The first-order chi connectivity index (χ1) is 10.3. The average Bonchev–Trinajstić information content (AvgIpc) is 2.54. The number of morpholine rings is 1. The molecule has 1 fully saturated rings. The van der Waals surface area contributed by atoms with Gasteiger partial charge in [-0.3, -0.25) is 14.7 Å². The SMILES string of the molecule is COc1cnc2ccc(=O)n(CCN3CCOCC3)c2c1. The molecule has 3 rings (SSSR count). The van der Waals surface area contributed by atoms with Crippen molar-refractivity contribution in [3.8, 4) is 5.75 Å². The van der Waals surface area contributed by atoms with Crippen molar-refractivity contribution in [1.29, 1.82) is 0 Å². The molecule has 0 aromatic carbocycles. The molecule has 0 saturated carbocycles. The first-order valence-corrected chi connectivity index (χ1v) is 7.11. The molecule has 3 heterocycles. The number of rotatable bonds is 4. The Labute approximate surface area is 122 Å². The highest BCUT2D eigenvalue weighted by molar-refractivity contribution is 5.75. The minimum Gasteiger partial charge on any atom is -0.495 e. The van der Waals surface area contributed by atoms with Gasteiger partial charge in [-0.05, 0) is 6.07 Å². The van der Waals surface area contributed by atoms with E-state index in [1.165, 1.54) is 0 Å². The highest BCUT2D eigenvalue weighted by Gasteiger charge is 2.11. The van der Waals surface area contributed by atoms with Crippen LogP contribution in [0.15, 0.2) is 29.2 Å². The summed E-state index contributed by atoms with van der Waals surface area (Å²) in [5.74, 6) is 0.660. The van der Waals surface area contributed by atoms with Crippen LogP contribution in [-0.2, 0) is 11.3 Å². The summed E-state index contributed by atoms with van der Waals surface area (Å²) in [7, 11) is 1.60. The lowest BCUT2D eigenvalue weighted by Crippen LogP contribution is -2.39. The minimum absolute atomic E-state index is 0.00851. The van der Waals surface area contributed by atoms with Crippen molar-refractivity contribution in [1.82, 2.24) is 14.5 Å². The highest BCUT2D eigenvalue weighted by atomic mass is 16.5. The smallest absolute Gasteiger partial charge is 0.251 e. The van der Waals surface area contributed by atoms with Crippen LogP contribution in [0.3, 0.4) is 0 Å². The average molecular weight is 289 g/mol. The summed E-state index contributed by atoms with van der Waals surface area (Å²) >= 11 is 0. The topological polar surface area (TPSA) is 56.6 Å². The van der Waals surface area contributed by atoms with Crippen molar-refractivity contribution in [2.45, 2.75) is 6.54 Å². The number of pyridine rings is 2. The molecule has 0 amide bonds. The summed E-state index contributed by atoms with van der Waals surface area (Å²) in [5, 5.41) is 0. The molecular weight excluding hydrogens is 270 g/mol. The van der Waals surface area contributed by atoms with Gasteiger partial charge in [0, 0.05) is 38.3 Å². The first-order valence-electron chi connectivity index (χ1n) is 7.11. The molecule has 6 heteroatoms. The van der Waals surface area contributed by atoms with Crippen LogP contribution in [0.1, 0.15) is 0 Å². The third kappa shape index (κ3) is 3.06. The maximum atomic E-state index is 12.2. The summed E-state index contributed by atoms with van der Waals surface area (Å²) in [6, 6.07) is 5.19. The number of aromatic nitrogens is 2. The van der Waals surface area contributed by atoms with E-state index in [4.69, 9.17) is 9.47 Å². The predicted molar refractivity (Wildman–Crippen MR) is 79.8 cm³/mol. The molecule has 6 nitrogen and oxygen atoms in total. The van der Waals surface area contributed by atoms with Crippen LogP contribution < -0.4 is 10.3 Å². The number of methoxy groups -OCH3 is 1. The van der Waals surface area contributed by atoms with Gasteiger partial charge in [-0.15, -0.1) is 0 Å². The van der Waals surface area contributed by atoms with Crippen LogP contribution in [0.4, 0.5) is 0 Å². The summed E-state index contributed by atoms with van der Waals surface area (Å²) in [6.45, 7) is 4.84. The Morgan fingerprint density at radius 3 is 2.86 bits per heavy atom. The van der Waals surface area contributed by atoms with Crippen LogP contribution in [0.2, 0.25) is 0 Å². The summed E-state index contributed by atoms with van der Waals surface area (Å²) in [4.78, 5) is 18.8. The van der Waals surface area contributed by atoms with Gasteiger partial charge in [0.25, 0.3) is 5.56 Å². The van der Waals surface area contributed by atoms with Crippen molar-refractivity contribution in [3.05, 3.63) is 34.7 Å².